The van der Waals surface area contributed by atoms with E-state index in [0.717, 1.165) is 17.7 Å². The average molecular weight is 218 g/mol. The van der Waals surface area contributed by atoms with Gasteiger partial charge in [-0.05, 0) is 23.5 Å². The molecule has 1 fully saturated rings. The Balaban J connectivity index is 1.89. The zero-order valence-electron chi connectivity index (χ0n) is 9.79. The number of rotatable bonds is 3. The first kappa shape index (κ1) is 11.0. The molecule has 1 saturated carbocycles. The van der Waals surface area contributed by atoms with Crippen molar-refractivity contribution in [2.45, 2.75) is 26.8 Å². The molecule has 1 atom stereocenters. The van der Waals surface area contributed by atoms with Gasteiger partial charge in [0.05, 0.1) is 0 Å². The molecule has 1 aromatic carbocycles. The summed E-state index contributed by atoms with van der Waals surface area (Å²) in [6, 6.07) is 7.61. The summed E-state index contributed by atoms with van der Waals surface area (Å²) in [5.41, 5.74) is 7.70. The fourth-order valence-corrected chi connectivity index (χ4v) is 1.92. The van der Waals surface area contributed by atoms with E-state index in [-0.39, 0.29) is 17.2 Å². The number of nitrogen functional groups attached to an aromatic ring is 1. The van der Waals surface area contributed by atoms with Crippen LogP contribution in [0.3, 0.4) is 0 Å². The Labute approximate surface area is 96.0 Å². The molecule has 2 rings (SSSR count). The lowest BCUT2D eigenvalue weighted by molar-refractivity contribution is -0.123. The first-order valence-corrected chi connectivity index (χ1v) is 5.62. The Kier molecular flexibility index (Phi) is 2.62. The third-order valence-corrected chi connectivity index (χ3v) is 3.34. The van der Waals surface area contributed by atoms with Crippen molar-refractivity contribution in [3.63, 3.8) is 0 Å². The maximum atomic E-state index is 11.8. The molecule has 3 heteroatoms. The van der Waals surface area contributed by atoms with Crippen molar-refractivity contribution < 1.29 is 4.79 Å². The van der Waals surface area contributed by atoms with Crippen molar-refractivity contribution in [2.75, 3.05) is 5.73 Å². The fourth-order valence-electron chi connectivity index (χ4n) is 1.92. The summed E-state index contributed by atoms with van der Waals surface area (Å²) >= 11 is 0. The molecule has 0 heterocycles. The summed E-state index contributed by atoms with van der Waals surface area (Å²) in [5.74, 6) is 0.325. The number of para-hydroxylation sites is 1. The maximum Gasteiger partial charge on any atom is 0.223 e. The van der Waals surface area contributed by atoms with Crippen molar-refractivity contribution in [3.05, 3.63) is 29.8 Å². The number of hydrogen-bond acceptors (Lipinski definition) is 2. The van der Waals surface area contributed by atoms with Gasteiger partial charge in [-0.3, -0.25) is 4.79 Å². The van der Waals surface area contributed by atoms with Crippen LogP contribution in [0.25, 0.3) is 0 Å². The number of benzene rings is 1. The second kappa shape index (κ2) is 3.81. The molecule has 0 radical (unpaired) electrons. The summed E-state index contributed by atoms with van der Waals surface area (Å²) in [5, 5.41) is 2.94. The van der Waals surface area contributed by atoms with E-state index in [1.165, 1.54) is 0 Å². The normalized spacial score (nSPS) is 21.5. The lowest BCUT2D eigenvalue weighted by atomic mass is 10.1. The third kappa shape index (κ3) is 2.18. The van der Waals surface area contributed by atoms with Gasteiger partial charge < -0.3 is 11.1 Å². The minimum Gasteiger partial charge on any atom is -0.398 e. The van der Waals surface area contributed by atoms with Gasteiger partial charge in [0, 0.05) is 18.2 Å². The summed E-state index contributed by atoms with van der Waals surface area (Å²) < 4.78 is 0. The molecule has 1 amide bonds. The maximum absolute atomic E-state index is 11.8. The van der Waals surface area contributed by atoms with Crippen LogP contribution in [-0.2, 0) is 11.3 Å². The van der Waals surface area contributed by atoms with Gasteiger partial charge in [-0.15, -0.1) is 0 Å². The van der Waals surface area contributed by atoms with E-state index in [1.54, 1.807) is 0 Å². The highest BCUT2D eigenvalue weighted by atomic mass is 16.2. The first-order valence-electron chi connectivity index (χ1n) is 5.62. The number of carbonyl (C=O) groups is 1. The molecule has 0 aliphatic heterocycles. The van der Waals surface area contributed by atoms with Crippen LogP contribution >= 0.6 is 0 Å². The second-order valence-electron chi connectivity index (χ2n) is 5.16. The van der Waals surface area contributed by atoms with Crippen LogP contribution in [0.1, 0.15) is 25.8 Å². The van der Waals surface area contributed by atoms with Crippen LogP contribution in [0.5, 0.6) is 0 Å². The Bertz CT molecular complexity index is 412. The number of nitrogens with two attached hydrogens (primary N) is 1. The highest BCUT2D eigenvalue weighted by Crippen LogP contribution is 2.51. The molecule has 1 aliphatic carbocycles. The smallest absolute Gasteiger partial charge is 0.223 e. The van der Waals surface area contributed by atoms with Gasteiger partial charge in [0.1, 0.15) is 0 Å². The number of amides is 1. The fraction of sp³-hybridized carbons (Fsp3) is 0.462. The van der Waals surface area contributed by atoms with E-state index in [4.69, 9.17) is 5.73 Å². The molecule has 3 nitrogen and oxygen atoms in total. The Morgan fingerprint density at radius 1 is 1.50 bits per heavy atom. The average Bonchev–Trinajstić information content (AvgIpc) is 2.86. The number of carbonyl (C=O) groups excluding carboxylic acids is 1. The SMILES string of the molecule is CC1(C)CC1C(=O)NCc1ccccc1N. The highest BCUT2D eigenvalue weighted by molar-refractivity contribution is 5.82. The van der Waals surface area contributed by atoms with E-state index in [0.29, 0.717) is 6.54 Å². The van der Waals surface area contributed by atoms with Crippen molar-refractivity contribution >= 4 is 11.6 Å². The molecular weight excluding hydrogens is 200 g/mol. The molecule has 0 saturated heterocycles. The topological polar surface area (TPSA) is 55.1 Å². The number of hydrogen-bond donors (Lipinski definition) is 2. The molecule has 1 unspecified atom stereocenters. The molecule has 86 valence electrons. The molecule has 1 aromatic rings. The summed E-state index contributed by atoms with van der Waals surface area (Å²) in [4.78, 5) is 11.8. The van der Waals surface area contributed by atoms with E-state index in [1.807, 2.05) is 24.3 Å². The minimum absolute atomic E-state index is 0.147. The molecule has 3 N–H and O–H groups in total. The Hall–Kier alpha value is -1.51. The van der Waals surface area contributed by atoms with Gasteiger partial charge in [0.25, 0.3) is 0 Å². The standard InChI is InChI=1S/C13H18N2O/c1-13(2)7-10(13)12(16)15-8-9-5-3-4-6-11(9)14/h3-6,10H,7-8,14H2,1-2H3,(H,15,16). The van der Waals surface area contributed by atoms with E-state index < -0.39 is 0 Å². The van der Waals surface area contributed by atoms with Gasteiger partial charge in [-0.25, -0.2) is 0 Å². The van der Waals surface area contributed by atoms with Crippen LogP contribution in [-0.4, -0.2) is 5.91 Å². The van der Waals surface area contributed by atoms with Crippen molar-refractivity contribution in [3.8, 4) is 0 Å². The number of nitrogens with one attached hydrogen (secondary N) is 1. The molecule has 1 aliphatic rings. The van der Waals surface area contributed by atoms with Gasteiger partial charge >= 0.3 is 0 Å². The lowest BCUT2D eigenvalue weighted by Crippen LogP contribution is -2.26. The monoisotopic (exact) mass is 218 g/mol. The van der Waals surface area contributed by atoms with E-state index in [2.05, 4.69) is 19.2 Å². The van der Waals surface area contributed by atoms with Gasteiger partial charge in [0.2, 0.25) is 5.91 Å². The van der Waals surface area contributed by atoms with Crippen LogP contribution in [0.4, 0.5) is 5.69 Å². The zero-order chi connectivity index (χ0) is 11.8. The van der Waals surface area contributed by atoms with Gasteiger partial charge in [0.15, 0.2) is 0 Å². The summed E-state index contributed by atoms with van der Waals surface area (Å²) in [7, 11) is 0. The number of anilines is 1. The van der Waals surface area contributed by atoms with E-state index >= 15 is 0 Å². The van der Waals surface area contributed by atoms with E-state index in [9.17, 15) is 4.79 Å². The van der Waals surface area contributed by atoms with Crippen LogP contribution in [0.15, 0.2) is 24.3 Å². The largest absolute Gasteiger partial charge is 0.398 e. The van der Waals surface area contributed by atoms with Crippen LogP contribution in [0.2, 0.25) is 0 Å². The summed E-state index contributed by atoms with van der Waals surface area (Å²) in [6.45, 7) is 4.76. The zero-order valence-corrected chi connectivity index (χ0v) is 9.79. The first-order chi connectivity index (χ1) is 7.50. The molecule has 0 bridgehead atoms. The predicted molar refractivity (Wildman–Crippen MR) is 64.6 cm³/mol. The Morgan fingerprint density at radius 2 is 2.12 bits per heavy atom. The summed E-state index contributed by atoms with van der Waals surface area (Å²) in [6.07, 6.45) is 0.989. The van der Waals surface area contributed by atoms with Crippen molar-refractivity contribution in [2.24, 2.45) is 11.3 Å². The minimum atomic E-state index is 0.147. The highest BCUT2D eigenvalue weighted by Gasteiger charge is 2.50. The lowest BCUT2D eigenvalue weighted by Gasteiger charge is -2.08. The quantitative estimate of drug-likeness (QED) is 0.762. The van der Waals surface area contributed by atoms with Crippen LogP contribution in [0, 0.1) is 11.3 Å². The van der Waals surface area contributed by atoms with Crippen molar-refractivity contribution in [1.29, 1.82) is 0 Å². The van der Waals surface area contributed by atoms with Gasteiger partial charge in [-0.2, -0.15) is 0 Å². The molecule has 0 spiro atoms. The molecular formula is C13H18N2O. The molecule has 0 aromatic heterocycles. The van der Waals surface area contributed by atoms with Crippen molar-refractivity contribution in [1.82, 2.24) is 5.32 Å². The third-order valence-electron chi connectivity index (χ3n) is 3.34. The second-order valence-corrected chi connectivity index (χ2v) is 5.16. The predicted octanol–water partition coefficient (Wildman–Crippen LogP) is 1.93. The van der Waals surface area contributed by atoms with Gasteiger partial charge in [-0.1, -0.05) is 32.0 Å². The van der Waals surface area contributed by atoms with Crippen LogP contribution < -0.4 is 11.1 Å². The molecule has 16 heavy (non-hydrogen) atoms. The Morgan fingerprint density at radius 3 is 2.69 bits per heavy atom.